The highest BCUT2D eigenvalue weighted by atomic mass is 16.5. The number of aliphatic hydroxyl groups is 2. The van der Waals surface area contributed by atoms with Gasteiger partial charge >= 0.3 is 0 Å². The molecule has 6 N–H and O–H groups in total. The minimum Gasteiger partial charge on any atom is -0.508 e. The minimum atomic E-state index is -0.789. The summed E-state index contributed by atoms with van der Waals surface area (Å²) in [5, 5.41) is 37.0. The van der Waals surface area contributed by atoms with Crippen LogP contribution in [0.5, 0.6) is 23.0 Å². The molecule has 0 bridgehead atoms. The highest BCUT2D eigenvalue weighted by molar-refractivity contribution is 5.98. The summed E-state index contributed by atoms with van der Waals surface area (Å²) in [6.45, 7) is 2.63. The molecule has 47 heavy (non-hydrogen) atoms. The van der Waals surface area contributed by atoms with Crippen LogP contribution in [0.3, 0.4) is 0 Å². The van der Waals surface area contributed by atoms with Crippen molar-refractivity contribution in [1.82, 2.24) is 15.6 Å². The summed E-state index contributed by atoms with van der Waals surface area (Å²) in [7, 11) is 3.14. The third-order valence-corrected chi connectivity index (χ3v) is 8.05. The molecule has 10 nitrogen and oxygen atoms in total. The zero-order valence-corrected chi connectivity index (χ0v) is 26.7. The number of aromatic nitrogens is 1. The fourth-order valence-electron chi connectivity index (χ4n) is 5.45. The average molecular weight is 640 g/mol. The van der Waals surface area contributed by atoms with Crippen LogP contribution in [0.1, 0.15) is 51.3 Å². The third-order valence-electron chi connectivity index (χ3n) is 8.05. The van der Waals surface area contributed by atoms with Crippen LogP contribution in [0.25, 0.3) is 10.9 Å². The molecule has 1 amide bonds. The standard InChI is InChI=1S/C37H41N3O7/c1-23(38-20-34(43)26-10-12-33(42)28(15-26)21-41)13-25-9-11-31-27(14-25)16-32(40-31)37(44)39-19-30-35(45-2)17-29(18-36(30)46-3)47-22-24-7-5-4-6-8-24/h4-12,14-18,23,34,38,40-43H,13,19-22H2,1-3H3,(H,39,44). The van der Waals surface area contributed by atoms with Gasteiger partial charge in [-0.05, 0) is 60.4 Å². The van der Waals surface area contributed by atoms with Crippen molar-refractivity contribution in [2.24, 2.45) is 0 Å². The molecule has 2 atom stereocenters. The Labute approximate surface area is 273 Å². The Bertz CT molecular complexity index is 1780. The van der Waals surface area contributed by atoms with Gasteiger partial charge in [-0.2, -0.15) is 0 Å². The molecule has 0 saturated heterocycles. The molecule has 246 valence electrons. The normalized spacial score (nSPS) is 12.4. The molecule has 0 fully saturated rings. The summed E-state index contributed by atoms with van der Waals surface area (Å²) in [5.41, 5.74) is 5.08. The number of hydrogen-bond acceptors (Lipinski definition) is 8. The van der Waals surface area contributed by atoms with E-state index in [1.54, 1.807) is 38.5 Å². The predicted octanol–water partition coefficient (Wildman–Crippen LogP) is 5.15. The summed E-state index contributed by atoms with van der Waals surface area (Å²) >= 11 is 0. The van der Waals surface area contributed by atoms with Crippen molar-refractivity contribution in [3.63, 3.8) is 0 Å². The largest absolute Gasteiger partial charge is 0.508 e. The Kier molecular flexibility index (Phi) is 11.0. The summed E-state index contributed by atoms with van der Waals surface area (Å²) in [4.78, 5) is 16.4. The van der Waals surface area contributed by atoms with Crippen molar-refractivity contribution in [3.8, 4) is 23.0 Å². The monoisotopic (exact) mass is 639 g/mol. The van der Waals surface area contributed by atoms with Gasteiger partial charge in [-0.1, -0.05) is 42.5 Å². The third kappa shape index (κ3) is 8.42. The number of rotatable bonds is 15. The van der Waals surface area contributed by atoms with Gasteiger partial charge in [-0.3, -0.25) is 4.79 Å². The fourth-order valence-corrected chi connectivity index (χ4v) is 5.45. The van der Waals surface area contributed by atoms with E-state index in [9.17, 15) is 20.1 Å². The number of aliphatic hydroxyl groups excluding tert-OH is 2. The maximum Gasteiger partial charge on any atom is 0.268 e. The molecular weight excluding hydrogens is 598 g/mol. The Morgan fingerprint density at radius 2 is 1.66 bits per heavy atom. The summed E-state index contributed by atoms with van der Waals surface area (Å²) in [5.74, 6) is 1.42. The van der Waals surface area contributed by atoms with Gasteiger partial charge in [0.15, 0.2) is 0 Å². The van der Waals surface area contributed by atoms with E-state index in [0.717, 1.165) is 22.0 Å². The lowest BCUT2D eigenvalue weighted by atomic mass is 10.0. The number of H-pyrrole nitrogens is 1. The summed E-state index contributed by atoms with van der Waals surface area (Å²) in [6, 6.07) is 26.1. The number of fused-ring (bicyclic) bond motifs is 1. The summed E-state index contributed by atoms with van der Waals surface area (Å²) in [6.07, 6.45) is -0.0836. The van der Waals surface area contributed by atoms with Gasteiger partial charge in [-0.15, -0.1) is 0 Å². The van der Waals surface area contributed by atoms with Gasteiger partial charge in [0.05, 0.1) is 39.0 Å². The number of benzene rings is 4. The highest BCUT2D eigenvalue weighted by Gasteiger charge is 2.17. The van der Waals surface area contributed by atoms with Crippen LogP contribution in [0.2, 0.25) is 0 Å². The van der Waals surface area contributed by atoms with Crippen LogP contribution < -0.4 is 24.8 Å². The second-order valence-corrected chi connectivity index (χ2v) is 11.4. The van der Waals surface area contributed by atoms with Crippen molar-refractivity contribution in [2.45, 2.75) is 45.2 Å². The number of aromatic amines is 1. The lowest BCUT2D eigenvalue weighted by Gasteiger charge is -2.18. The first kappa shape index (κ1) is 33.3. The first-order valence-electron chi connectivity index (χ1n) is 15.4. The molecule has 2 unspecified atom stereocenters. The molecule has 5 aromatic rings. The van der Waals surface area contributed by atoms with Crippen molar-refractivity contribution in [3.05, 3.63) is 118 Å². The number of ether oxygens (including phenoxy) is 3. The van der Waals surface area contributed by atoms with E-state index >= 15 is 0 Å². The molecule has 0 radical (unpaired) electrons. The lowest BCUT2D eigenvalue weighted by molar-refractivity contribution is 0.0946. The maximum atomic E-state index is 13.2. The fraction of sp³-hybridized carbons (Fsp3) is 0.270. The molecular formula is C37H41N3O7. The number of carbonyl (C=O) groups is 1. The van der Waals surface area contributed by atoms with E-state index in [1.165, 1.54) is 6.07 Å². The summed E-state index contributed by atoms with van der Waals surface area (Å²) < 4.78 is 17.2. The molecule has 10 heteroatoms. The van der Waals surface area contributed by atoms with Crippen LogP contribution in [-0.4, -0.2) is 53.0 Å². The smallest absolute Gasteiger partial charge is 0.268 e. The predicted molar refractivity (Wildman–Crippen MR) is 180 cm³/mol. The van der Waals surface area contributed by atoms with Gasteiger partial charge in [-0.25, -0.2) is 0 Å². The van der Waals surface area contributed by atoms with Gasteiger partial charge in [0.1, 0.15) is 35.3 Å². The topological polar surface area (TPSA) is 145 Å². The molecule has 0 aliphatic rings. The molecule has 0 aliphatic heterocycles. The van der Waals surface area contributed by atoms with E-state index in [4.69, 9.17) is 14.2 Å². The van der Waals surface area contributed by atoms with Crippen LogP contribution in [0.4, 0.5) is 0 Å². The Morgan fingerprint density at radius 1 is 0.915 bits per heavy atom. The van der Waals surface area contributed by atoms with E-state index in [1.807, 2.05) is 61.5 Å². The molecule has 0 aliphatic carbocycles. The van der Waals surface area contributed by atoms with E-state index in [0.29, 0.717) is 59.2 Å². The number of nitrogens with one attached hydrogen (secondary N) is 3. The Hall–Kier alpha value is -5.03. The van der Waals surface area contributed by atoms with Crippen molar-refractivity contribution in [2.75, 3.05) is 20.8 Å². The van der Waals surface area contributed by atoms with Gasteiger partial charge in [0.2, 0.25) is 0 Å². The second-order valence-electron chi connectivity index (χ2n) is 11.4. The quantitative estimate of drug-likeness (QED) is 0.0923. The molecule has 1 aromatic heterocycles. The zero-order chi connectivity index (χ0) is 33.3. The molecule has 5 rings (SSSR count). The van der Waals surface area contributed by atoms with Crippen LogP contribution in [0.15, 0.2) is 84.9 Å². The molecule has 4 aromatic carbocycles. The lowest BCUT2D eigenvalue weighted by Crippen LogP contribution is -2.32. The average Bonchev–Trinajstić information content (AvgIpc) is 3.53. The van der Waals surface area contributed by atoms with E-state index in [2.05, 4.69) is 15.6 Å². The minimum absolute atomic E-state index is 0.00146. The molecule has 0 spiro atoms. The first-order valence-corrected chi connectivity index (χ1v) is 15.4. The maximum absolute atomic E-state index is 13.2. The van der Waals surface area contributed by atoms with Gasteiger partial charge in [0, 0.05) is 41.2 Å². The molecule has 0 saturated carbocycles. The number of methoxy groups -OCH3 is 2. The van der Waals surface area contributed by atoms with Crippen LogP contribution >= 0.6 is 0 Å². The van der Waals surface area contributed by atoms with Crippen LogP contribution in [0, 0.1) is 0 Å². The highest BCUT2D eigenvalue weighted by Crippen LogP contribution is 2.34. The number of carbonyl (C=O) groups excluding carboxylic acids is 1. The number of hydrogen-bond donors (Lipinski definition) is 6. The van der Waals surface area contributed by atoms with E-state index in [-0.39, 0.29) is 30.9 Å². The molecule has 1 heterocycles. The number of amides is 1. The number of aromatic hydroxyl groups is 1. The number of phenols is 1. The SMILES string of the molecule is COc1cc(OCc2ccccc2)cc(OC)c1CNC(=O)c1cc2cc(CC(C)NCC(O)c3ccc(O)c(CO)c3)ccc2[nH]1. The van der Waals surface area contributed by atoms with Gasteiger partial charge < -0.3 is 45.1 Å². The Balaban J connectivity index is 1.18. The van der Waals surface area contributed by atoms with Crippen LogP contribution in [-0.2, 0) is 26.2 Å². The Morgan fingerprint density at radius 3 is 2.36 bits per heavy atom. The second kappa shape index (κ2) is 15.5. The van der Waals surface area contributed by atoms with E-state index < -0.39 is 6.10 Å². The van der Waals surface area contributed by atoms with Crippen molar-refractivity contribution in [1.29, 1.82) is 0 Å². The van der Waals surface area contributed by atoms with Crippen molar-refractivity contribution >= 4 is 16.8 Å². The first-order chi connectivity index (χ1) is 22.8. The van der Waals surface area contributed by atoms with Gasteiger partial charge in [0.25, 0.3) is 5.91 Å². The van der Waals surface area contributed by atoms with Crippen molar-refractivity contribution < 1.29 is 34.3 Å². The zero-order valence-electron chi connectivity index (χ0n) is 26.7.